The molecule has 3 heterocycles. The van der Waals surface area contributed by atoms with E-state index in [9.17, 15) is 14.4 Å². The van der Waals surface area contributed by atoms with Gasteiger partial charge < -0.3 is 4.42 Å². The molecule has 1 N–H and O–H groups in total. The molecule has 156 valence electrons. The second-order valence-corrected chi connectivity index (χ2v) is 7.87. The van der Waals surface area contributed by atoms with E-state index in [1.165, 1.54) is 9.58 Å². The standard InChI is InChI=1S/C23H20N4O4/c1-12-8-9-13(2)17(10-12)26-19(28)11-15(21(26)29)20-14(3)25-27(22(20)30)23-24-16-6-4-5-7-18(16)31-23/h4-10,15,25H,11H2,1-3H3/t15-/m1/s1. The lowest BCUT2D eigenvalue weighted by Crippen LogP contribution is -2.31. The summed E-state index contributed by atoms with van der Waals surface area (Å²) in [5.41, 5.74) is 3.80. The monoisotopic (exact) mass is 416 g/mol. The molecule has 2 aromatic heterocycles. The zero-order valence-corrected chi connectivity index (χ0v) is 17.3. The quantitative estimate of drug-likeness (QED) is 0.517. The van der Waals surface area contributed by atoms with Crippen LogP contribution in [0.15, 0.2) is 51.7 Å². The van der Waals surface area contributed by atoms with E-state index in [1.807, 2.05) is 44.2 Å². The van der Waals surface area contributed by atoms with Crippen LogP contribution >= 0.6 is 0 Å². The van der Waals surface area contributed by atoms with Crippen LogP contribution in [0.3, 0.4) is 0 Å². The summed E-state index contributed by atoms with van der Waals surface area (Å²) in [6.07, 6.45) is -0.0618. The second kappa shape index (κ2) is 6.80. The van der Waals surface area contributed by atoms with Crippen LogP contribution in [0.1, 0.15) is 34.7 Å². The molecule has 1 aliphatic heterocycles. The number of oxazole rings is 1. The number of para-hydroxylation sites is 2. The lowest BCUT2D eigenvalue weighted by Gasteiger charge is -2.18. The van der Waals surface area contributed by atoms with E-state index in [4.69, 9.17) is 4.42 Å². The molecule has 2 amide bonds. The van der Waals surface area contributed by atoms with E-state index in [0.717, 1.165) is 11.1 Å². The second-order valence-electron chi connectivity index (χ2n) is 7.87. The van der Waals surface area contributed by atoms with Crippen molar-refractivity contribution in [3.63, 3.8) is 0 Å². The molecule has 31 heavy (non-hydrogen) atoms. The van der Waals surface area contributed by atoms with Crippen LogP contribution in [-0.4, -0.2) is 26.6 Å². The highest BCUT2D eigenvalue weighted by Crippen LogP contribution is 2.35. The largest absolute Gasteiger partial charge is 0.422 e. The Balaban J connectivity index is 1.57. The van der Waals surface area contributed by atoms with Gasteiger partial charge in [0.1, 0.15) is 5.52 Å². The maximum atomic E-state index is 13.3. The Morgan fingerprint density at radius 1 is 1.06 bits per heavy atom. The zero-order valence-electron chi connectivity index (χ0n) is 17.3. The predicted molar refractivity (Wildman–Crippen MR) is 114 cm³/mol. The number of aromatic nitrogens is 3. The molecule has 2 aromatic carbocycles. The fraction of sp³-hybridized carbons (Fsp3) is 0.217. The third-order valence-electron chi connectivity index (χ3n) is 5.69. The summed E-state index contributed by atoms with van der Waals surface area (Å²) in [7, 11) is 0. The van der Waals surface area contributed by atoms with Crippen molar-refractivity contribution < 1.29 is 14.0 Å². The summed E-state index contributed by atoms with van der Waals surface area (Å²) in [6.45, 7) is 5.46. The highest BCUT2D eigenvalue weighted by atomic mass is 16.4. The number of aromatic amines is 1. The van der Waals surface area contributed by atoms with Crippen molar-refractivity contribution >= 4 is 28.6 Å². The van der Waals surface area contributed by atoms with Gasteiger partial charge in [0, 0.05) is 12.1 Å². The van der Waals surface area contributed by atoms with Crippen LogP contribution in [0.25, 0.3) is 17.1 Å². The number of fused-ring (bicyclic) bond motifs is 1. The molecule has 0 spiro atoms. The first-order valence-corrected chi connectivity index (χ1v) is 9.96. The molecule has 1 saturated heterocycles. The predicted octanol–water partition coefficient (Wildman–Crippen LogP) is 3.28. The summed E-state index contributed by atoms with van der Waals surface area (Å²) >= 11 is 0. The van der Waals surface area contributed by atoms with E-state index in [0.29, 0.717) is 22.5 Å². The van der Waals surface area contributed by atoms with Crippen molar-refractivity contribution in [2.75, 3.05) is 4.90 Å². The lowest BCUT2D eigenvalue weighted by atomic mass is 9.98. The van der Waals surface area contributed by atoms with Gasteiger partial charge in [0.2, 0.25) is 11.8 Å². The number of carbonyl (C=O) groups excluding carboxylic acids is 2. The summed E-state index contributed by atoms with van der Waals surface area (Å²) in [5, 5.41) is 2.94. The maximum Gasteiger partial charge on any atom is 0.325 e. The SMILES string of the molecule is Cc1ccc(C)c(N2C(=O)C[C@H](c3c(C)[nH]n(-c4nc5ccccc5o4)c3=O)C2=O)c1. The van der Waals surface area contributed by atoms with Crippen molar-refractivity contribution in [3.05, 3.63) is 75.2 Å². The van der Waals surface area contributed by atoms with Gasteiger partial charge in [0.25, 0.3) is 5.56 Å². The topological polar surface area (TPSA) is 101 Å². The molecule has 1 atom stereocenters. The van der Waals surface area contributed by atoms with Gasteiger partial charge in [0.15, 0.2) is 5.58 Å². The number of H-pyrrole nitrogens is 1. The van der Waals surface area contributed by atoms with Crippen molar-refractivity contribution in [3.8, 4) is 6.01 Å². The molecule has 4 aromatic rings. The molecule has 0 aliphatic carbocycles. The first-order valence-electron chi connectivity index (χ1n) is 9.96. The average molecular weight is 416 g/mol. The number of aryl methyl sites for hydroxylation is 3. The molecule has 5 rings (SSSR count). The Morgan fingerprint density at radius 3 is 2.61 bits per heavy atom. The Morgan fingerprint density at radius 2 is 1.84 bits per heavy atom. The Bertz CT molecular complexity index is 1390. The number of imide groups is 1. The highest BCUT2D eigenvalue weighted by molar-refractivity contribution is 6.23. The van der Waals surface area contributed by atoms with Crippen LogP contribution in [-0.2, 0) is 9.59 Å². The fourth-order valence-electron chi connectivity index (χ4n) is 4.13. The van der Waals surface area contributed by atoms with Gasteiger partial charge >= 0.3 is 6.01 Å². The molecular weight excluding hydrogens is 396 g/mol. The first-order chi connectivity index (χ1) is 14.8. The highest BCUT2D eigenvalue weighted by Gasteiger charge is 2.43. The number of carbonyl (C=O) groups is 2. The molecule has 0 radical (unpaired) electrons. The first kappa shape index (κ1) is 19.0. The van der Waals surface area contributed by atoms with E-state index in [-0.39, 0.29) is 23.9 Å². The van der Waals surface area contributed by atoms with Gasteiger partial charge in [0.05, 0.1) is 17.2 Å². The molecule has 1 fully saturated rings. The average Bonchev–Trinajstić information content (AvgIpc) is 3.37. The number of nitrogens with zero attached hydrogens (tertiary/aromatic N) is 3. The van der Waals surface area contributed by atoms with Crippen molar-refractivity contribution in [2.24, 2.45) is 0 Å². The van der Waals surface area contributed by atoms with Crippen molar-refractivity contribution in [2.45, 2.75) is 33.1 Å². The number of rotatable bonds is 3. The third kappa shape index (κ3) is 2.91. The van der Waals surface area contributed by atoms with Gasteiger partial charge in [-0.1, -0.05) is 24.3 Å². The molecule has 0 saturated carbocycles. The summed E-state index contributed by atoms with van der Waals surface area (Å²) in [5.74, 6) is -1.58. The van der Waals surface area contributed by atoms with Crippen molar-refractivity contribution in [1.29, 1.82) is 0 Å². The third-order valence-corrected chi connectivity index (χ3v) is 5.69. The number of benzene rings is 2. The molecule has 8 nitrogen and oxygen atoms in total. The Kier molecular flexibility index (Phi) is 4.18. The van der Waals surface area contributed by atoms with Gasteiger partial charge in [-0.3, -0.25) is 19.5 Å². The molecule has 1 aliphatic rings. The van der Waals surface area contributed by atoms with Gasteiger partial charge in [-0.05, 0) is 50.1 Å². The van der Waals surface area contributed by atoms with E-state index >= 15 is 0 Å². The Labute approximate surface area is 177 Å². The number of nitrogens with one attached hydrogen (secondary N) is 1. The minimum Gasteiger partial charge on any atom is -0.422 e. The molecular formula is C23H20N4O4. The van der Waals surface area contributed by atoms with Crippen LogP contribution in [0.2, 0.25) is 0 Å². The van der Waals surface area contributed by atoms with Crippen LogP contribution in [0, 0.1) is 20.8 Å². The fourth-order valence-corrected chi connectivity index (χ4v) is 4.13. The number of hydrogen-bond donors (Lipinski definition) is 1. The molecule has 0 bridgehead atoms. The van der Waals surface area contributed by atoms with Crippen LogP contribution in [0.5, 0.6) is 0 Å². The summed E-state index contributed by atoms with van der Waals surface area (Å²) < 4.78 is 6.88. The number of hydrogen-bond acceptors (Lipinski definition) is 5. The maximum absolute atomic E-state index is 13.3. The van der Waals surface area contributed by atoms with E-state index in [1.54, 1.807) is 19.1 Å². The zero-order chi connectivity index (χ0) is 21.9. The lowest BCUT2D eigenvalue weighted by molar-refractivity contribution is -0.121. The Hall–Kier alpha value is -3.94. The summed E-state index contributed by atoms with van der Waals surface area (Å²) in [4.78, 5) is 44.8. The normalized spacial score (nSPS) is 16.6. The van der Waals surface area contributed by atoms with Gasteiger partial charge in [-0.2, -0.15) is 9.67 Å². The summed E-state index contributed by atoms with van der Waals surface area (Å²) in [6, 6.07) is 12.9. The van der Waals surface area contributed by atoms with Gasteiger partial charge in [-0.15, -0.1) is 0 Å². The van der Waals surface area contributed by atoms with E-state index < -0.39 is 17.4 Å². The van der Waals surface area contributed by atoms with Crippen LogP contribution in [0.4, 0.5) is 5.69 Å². The molecule has 8 heteroatoms. The van der Waals surface area contributed by atoms with Crippen molar-refractivity contribution in [1.82, 2.24) is 14.8 Å². The minimum atomic E-state index is -0.859. The smallest absolute Gasteiger partial charge is 0.325 e. The van der Waals surface area contributed by atoms with Crippen LogP contribution < -0.4 is 10.5 Å². The minimum absolute atomic E-state index is 0.0618. The number of anilines is 1. The van der Waals surface area contributed by atoms with Gasteiger partial charge in [-0.25, -0.2) is 4.90 Å². The molecule has 0 unspecified atom stereocenters. The van der Waals surface area contributed by atoms with E-state index in [2.05, 4.69) is 10.1 Å². The number of amides is 2.